The van der Waals surface area contributed by atoms with Crippen molar-refractivity contribution in [3.63, 3.8) is 0 Å². The van der Waals surface area contributed by atoms with Crippen LogP contribution in [0.25, 0.3) is 0 Å². The Labute approximate surface area is 184 Å². The molecule has 0 radical (unpaired) electrons. The minimum atomic E-state index is -0.130. The standard InChI is InChI=1S/C23H33N5O3/c1-3-24-23(26-12-11-25-22(29)18-8-6-9-19(16-18)30-2)27-17-20(21-10-7-15-31-21)28-13-4-5-14-28/h6-10,15-16,20H,3-5,11-14,17H2,1-2H3,(H,25,29)(H2,24,26,27). The Morgan fingerprint density at radius 3 is 2.68 bits per heavy atom. The van der Waals surface area contributed by atoms with Crippen molar-refractivity contribution in [2.75, 3.05) is 46.4 Å². The Morgan fingerprint density at radius 1 is 1.16 bits per heavy atom. The van der Waals surface area contributed by atoms with Gasteiger partial charge in [-0.05, 0) is 63.2 Å². The van der Waals surface area contributed by atoms with Crippen molar-refractivity contribution in [1.29, 1.82) is 0 Å². The molecule has 1 aliphatic heterocycles. The number of guanidine groups is 1. The number of hydrogen-bond acceptors (Lipinski definition) is 5. The van der Waals surface area contributed by atoms with Gasteiger partial charge in [-0.15, -0.1) is 0 Å². The number of carbonyl (C=O) groups is 1. The predicted octanol–water partition coefficient (Wildman–Crippen LogP) is 2.41. The van der Waals surface area contributed by atoms with Gasteiger partial charge in [0.25, 0.3) is 5.91 Å². The lowest BCUT2D eigenvalue weighted by Crippen LogP contribution is -2.42. The van der Waals surface area contributed by atoms with E-state index in [1.165, 1.54) is 12.8 Å². The molecule has 31 heavy (non-hydrogen) atoms. The molecule has 1 saturated heterocycles. The quantitative estimate of drug-likeness (QED) is 0.306. The summed E-state index contributed by atoms with van der Waals surface area (Å²) in [7, 11) is 1.59. The summed E-state index contributed by atoms with van der Waals surface area (Å²) in [5.41, 5.74) is 0.576. The van der Waals surface area contributed by atoms with E-state index >= 15 is 0 Å². The van der Waals surface area contributed by atoms with Crippen molar-refractivity contribution in [2.45, 2.75) is 25.8 Å². The van der Waals surface area contributed by atoms with Crippen LogP contribution in [0.4, 0.5) is 0 Å². The largest absolute Gasteiger partial charge is 0.497 e. The Balaban J connectivity index is 1.51. The number of carbonyl (C=O) groups excluding carboxylic acids is 1. The van der Waals surface area contributed by atoms with Crippen LogP contribution in [0, 0.1) is 0 Å². The number of aliphatic imine (C=N–C) groups is 1. The average molecular weight is 428 g/mol. The number of nitrogens with one attached hydrogen (secondary N) is 3. The Kier molecular flexibility index (Phi) is 8.78. The molecule has 1 aromatic heterocycles. The predicted molar refractivity (Wildman–Crippen MR) is 122 cm³/mol. The summed E-state index contributed by atoms with van der Waals surface area (Å²) in [6.07, 6.45) is 4.15. The fourth-order valence-electron chi connectivity index (χ4n) is 3.66. The summed E-state index contributed by atoms with van der Waals surface area (Å²) in [6.45, 7) is 6.59. The van der Waals surface area contributed by atoms with Gasteiger partial charge in [-0.3, -0.25) is 14.7 Å². The van der Waals surface area contributed by atoms with Crippen molar-refractivity contribution in [2.24, 2.45) is 4.99 Å². The Hall–Kier alpha value is -3.00. The second-order valence-electron chi connectivity index (χ2n) is 7.41. The van der Waals surface area contributed by atoms with E-state index in [0.29, 0.717) is 30.9 Å². The van der Waals surface area contributed by atoms with Crippen LogP contribution in [0.5, 0.6) is 5.75 Å². The number of likely N-dealkylation sites (tertiary alicyclic amines) is 1. The third-order valence-corrected chi connectivity index (χ3v) is 5.25. The maximum absolute atomic E-state index is 12.3. The molecule has 2 heterocycles. The van der Waals surface area contributed by atoms with Crippen LogP contribution in [-0.2, 0) is 0 Å². The number of benzene rings is 1. The highest BCUT2D eigenvalue weighted by molar-refractivity contribution is 5.94. The van der Waals surface area contributed by atoms with Crippen LogP contribution in [-0.4, -0.2) is 63.1 Å². The molecule has 1 fully saturated rings. The minimum Gasteiger partial charge on any atom is -0.497 e. The molecule has 2 aromatic rings. The number of rotatable bonds is 10. The number of nitrogens with zero attached hydrogens (tertiary/aromatic N) is 2. The molecule has 0 saturated carbocycles. The highest BCUT2D eigenvalue weighted by Crippen LogP contribution is 2.25. The smallest absolute Gasteiger partial charge is 0.251 e. The van der Waals surface area contributed by atoms with Gasteiger partial charge in [-0.2, -0.15) is 0 Å². The van der Waals surface area contributed by atoms with Crippen LogP contribution in [0.3, 0.4) is 0 Å². The summed E-state index contributed by atoms with van der Waals surface area (Å²) in [4.78, 5) is 19.5. The van der Waals surface area contributed by atoms with Crippen LogP contribution in [0.2, 0.25) is 0 Å². The van der Waals surface area contributed by atoms with E-state index in [0.717, 1.165) is 31.4 Å². The van der Waals surface area contributed by atoms with E-state index in [9.17, 15) is 4.79 Å². The first-order valence-electron chi connectivity index (χ1n) is 10.9. The SMILES string of the molecule is CCNC(=NCC(c1ccco1)N1CCCC1)NCCNC(=O)c1cccc(OC)c1. The molecule has 8 heteroatoms. The first kappa shape index (κ1) is 22.7. The van der Waals surface area contributed by atoms with E-state index in [-0.39, 0.29) is 11.9 Å². The van der Waals surface area contributed by atoms with Gasteiger partial charge in [0, 0.05) is 25.2 Å². The van der Waals surface area contributed by atoms with E-state index in [2.05, 4.69) is 20.9 Å². The molecule has 3 rings (SSSR count). The highest BCUT2D eigenvalue weighted by atomic mass is 16.5. The van der Waals surface area contributed by atoms with Crippen molar-refractivity contribution in [3.05, 3.63) is 54.0 Å². The molecule has 0 spiro atoms. The number of hydrogen-bond donors (Lipinski definition) is 3. The zero-order valence-electron chi connectivity index (χ0n) is 18.4. The second-order valence-corrected chi connectivity index (χ2v) is 7.41. The number of furan rings is 1. The molecule has 1 amide bonds. The van der Waals surface area contributed by atoms with E-state index < -0.39 is 0 Å². The van der Waals surface area contributed by atoms with E-state index in [4.69, 9.17) is 14.1 Å². The normalized spacial score (nSPS) is 15.5. The zero-order chi connectivity index (χ0) is 21.9. The van der Waals surface area contributed by atoms with Gasteiger partial charge in [-0.1, -0.05) is 6.07 Å². The Morgan fingerprint density at radius 2 is 1.97 bits per heavy atom. The summed E-state index contributed by atoms with van der Waals surface area (Å²) < 4.78 is 10.8. The average Bonchev–Trinajstić information content (AvgIpc) is 3.51. The van der Waals surface area contributed by atoms with Gasteiger partial charge in [0.05, 0.1) is 26.0 Å². The Bertz CT molecular complexity index is 831. The summed E-state index contributed by atoms with van der Waals surface area (Å²) in [5, 5.41) is 9.48. The molecule has 1 aliphatic rings. The maximum atomic E-state index is 12.3. The highest BCUT2D eigenvalue weighted by Gasteiger charge is 2.25. The van der Waals surface area contributed by atoms with Crippen LogP contribution in [0.15, 0.2) is 52.1 Å². The number of ether oxygens (including phenoxy) is 1. The van der Waals surface area contributed by atoms with Gasteiger partial charge in [0.2, 0.25) is 0 Å². The van der Waals surface area contributed by atoms with Crippen LogP contribution < -0.4 is 20.7 Å². The molecule has 8 nitrogen and oxygen atoms in total. The van der Waals surface area contributed by atoms with Gasteiger partial charge >= 0.3 is 0 Å². The fraction of sp³-hybridized carbons (Fsp3) is 0.478. The molecule has 1 unspecified atom stereocenters. The fourth-order valence-corrected chi connectivity index (χ4v) is 3.66. The number of methoxy groups -OCH3 is 1. The van der Waals surface area contributed by atoms with Crippen molar-refractivity contribution >= 4 is 11.9 Å². The molecule has 0 aliphatic carbocycles. The second kappa shape index (κ2) is 12.0. The van der Waals surface area contributed by atoms with Gasteiger partial charge in [-0.25, -0.2) is 0 Å². The number of amides is 1. The first-order valence-corrected chi connectivity index (χ1v) is 10.9. The molecule has 1 aromatic carbocycles. The van der Waals surface area contributed by atoms with Crippen LogP contribution >= 0.6 is 0 Å². The van der Waals surface area contributed by atoms with Gasteiger partial charge in [0.15, 0.2) is 5.96 Å². The summed E-state index contributed by atoms with van der Waals surface area (Å²) in [5.74, 6) is 2.21. The van der Waals surface area contributed by atoms with E-state index in [1.807, 2.05) is 25.1 Å². The third kappa shape index (κ3) is 6.75. The third-order valence-electron chi connectivity index (χ3n) is 5.25. The summed E-state index contributed by atoms with van der Waals surface area (Å²) in [6, 6.07) is 11.2. The maximum Gasteiger partial charge on any atom is 0.251 e. The van der Waals surface area contributed by atoms with Crippen molar-refractivity contribution in [1.82, 2.24) is 20.9 Å². The molecular formula is C23H33N5O3. The molecule has 0 bridgehead atoms. The van der Waals surface area contributed by atoms with E-state index in [1.54, 1.807) is 31.6 Å². The van der Waals surface area contributed by atoms with Gasteiger partial charge < -0.3 is 25.1 Å². The first-order chi connectivity index (χ1) is 15.2. The van der Waals surface area contributed by atoms with Crippen LogP contribution in [0.1, 0.15) is 41.9 Å². The van der Waals surface area contributed by atoms with Crippen molar-refractivity contribution < 1.29 is 13.9 Å². The summed E-state index contributed by atoms with van der Waals surface area (Å²) >= 11 is 0. The topological polar surface area (TPSA) is 91.1 Å². The zero-order valence-corrected chi connectivity index (χ0v) is 18.4. The molecule has 3 N–H and O–H groups in total. The lowest BCUT2D eigenvalue weighted by atomic mass is 10.2. The minimum absolute atomic E-state index is 0.130. The molecular weight excluding hydrogens is 394 g/mol. The van der Waals surface area contributed by atoms with Crippen molar-refractivity contribution in [3.8, 4) is 5.75 Å². The molecule has 1 atom stereocenters. The molecule has 168 valence electrons. The monoisotopic (exact) mass is 427 g/mol. The lowest BCUT2D eigenvalue weighted by molar-refractivity contribution is 0.0954. The van der Waals surface area contributed by atoms with Gasteiger partial charge in [0.1, 0.15) is 11.5 Å². The lowest BCUT2D eigenvalue weighted by Gasteiger charge is -2.24.